The summed E-state index contributed by atoms with van der Waals surface area (Å²) in [6.45, 7) is 0.284. The van der Waals surface area contributed by atoms with E-state index in [1.54, 1.807) is 0 Å². The summed E-state index contributed by atoms with van der Waals surface area (Å²) < 4.78 is 0. The van der Waals surface area contributed by atoms with Gasteiger partial charge in [-0.25, -0.2) is 0 Å². The van der Waals surface area contributed by atoms with E-state index in [4.69, 9.17) is 0 Å². The van der Waals surface area contributed by atoms with Crippen molar-refractivity contribution in [2.24, 2.45) is 5.92 Å². The van der Waals surface area contributed by atoms with Gasteiger partial charge in [-0.15, -0.1) is 0 Å². The molecule has 1 atom stereocenters. The maximum atomic E-state index is 11.9. The Morgan fingerprint density at radius 2 is 1.88 bits per heavy atom. The lowest BCUT2D eigenvalue weighted by Crippen LogP contribution is -2.50. The molecule has 2 aliphatic carbocycles. The van der Waals surface area contributed by atoms with E-state index in [9.17, 15) is 15.0 Å². The van der Waals surface area contributed by atoms with Gasteiger partial charge in [-0.1, -0.05) is 25.7 Å². The fraction of sp³-hybridized carbons (Fsp3) is 0.923. The number of aliphatic hydroxyl groups is 2. The molecule has 3 N–H and O–H groups in total. The van der Waals surface area contributed by atoms with Crippen LogP contribution in [0.2, 0.25) is 0 Å². The number of hydrogen-bond acceptors (Lipinski definition) is 3. The Labute approximate surface area is 102 Å². The van der Waals surface area contributed by atoms with Crippen molar-refractivity contribution in [2.75, 3.05) is 6.54 Å². The summed E-state index contributed by atoms with van der Waals surface area (Å²) in [7, 11) is 0. The highest BCUT2D eigenvalue weighted by molar-refractivity contribution is 5.84. The van der Waals surface area contributed by atoms with Gasteiger partial charge >= 0.3 is 0 Å². The second-order valence-corrected chi connectivity index (χ2v) is 5.56. The molecule has 4 nitrogen and oxygen atoms in total. The fourth-order valence-corrected chi connectivity index (χ4v) is 2.72. The standard InChI is InChI=1S/C13H23NO3/c15-11(10-5-4-6-10)9-14-12(16)13(17)7-2-1-3-8-13/h10-11,15,17H,1-9H2,(H,14,16)/t11-/m0/s1. The lowest BCUT2D eigenvalue weighted by atomic mass is 9.81. The van der Waals surface area contributed by atoms with Gasteiger partial charge in [0.15, 0.2) is 0 Å². The first-order chi connectivity index (χ1) is 8.12. The van der Waals surface area contributed by atoms with Gasteiger partial charge in [0.1, 0.15) is 5.60 Å². The zero-order valence-corrected chi connectivity index (χ0v) is 10.3. The normalized spacial score (nSPS) is 26.0. The van der Waals surface area contributed by atoms with Crippen LogP contribution in [0.15, 0.2) is 0 Å². The average Bonchev–Trinajstić information content (AvgIpc) is 2.24. The van der Waals surface area contributed by atoms with Crippen molar-refractivity contribution in [2.45, 2.75) is 63.1 Å². The largest absolute Gasteiger partial charge is 0.391 e. The van der Waals surface area contributed by atoms with Gasteiger partial charge in [-0.2, -0.15) is 0 Å². The molecule has 0 aromatic carbocycles. The zero-order valence-electron chi connectivity index (χ0n) is 10.3. The summed E-state index contributed by atoms with van der Waals surface area (Å²) in [6.07, 6.45) is 6.88. The predicted molar refractivity (Wildman–Crippen MR) is 64.4 cm³/mol. The van der Waals surface area contributed by atoms with Crippen molar-refractivity contribution in [3.63, 3.8) is 0 Å². The quantitative estimate of drug-likeness (QED) is 0.686. The van der Waals surface area contributed by atoms with Crippen LogP contribution in [0.1, 0.15) is 51.4 Å². The molecule has 2 fully saturated rings. The molecule has 0 unspecified atom stereocenters. The molecule has 17 heavy (non-hydrogen) atoms. The molecule has 0 bridgehead atoms. The van der Waals surface area contributed by atoms with E-state index >= 15 is 0 Å². The van der Waals surface area contributed by atoms with E-state index in [1.807, 2.05) is 0 Å². The van der Waals surface area contributed by atoms with Crippen molar-refractivity contribution >= 4 is 5.91 Å². The molecular formula is C13H23NO3. The Bertz CT molecular complexity index is 270. The van der Waals surface area contributed by atoms with E-state index in [0.717, 1.165) is 32.1 Å². The fourth-order valence-electron chi connectivity index (χ4n) is 2.72. The van der Waals surface area contributed by atoms with E-state index in [1.165, 1.54) is 6.42 Å². The van der Waals surface area contributed by atoms with Gasteiger partial charge in [0, 0.05) is 6.54 Å². The monoisotopic (exact) mass is 241 g/mol. The highest BCUT2D eigenvalue weighted by atomic mass is 16.3. The molecule has 0 aromatic rings. The van der Waals surface area contributed by atoms with Crippen LogP contribution in [-0.4, -0.2) is 34.4 Å². The molecule has 4 heteroatoms. The lowest BCUT2D eigenvalue weighted by Gasteiger charge is -2.33. The summed E-state index contributed by atoms with van der Waals surface area (Å²) >= 11 is 0. The number of aliphatic hydroxyl groups excluding tert-OH is 1. The van der Waals surface area contributed by atoms with Crippen LogP contribution >= 0.6 is 0 Å². The number of nitrogens with one attached hydrogen (secondary N) is 1. The Kier molecular flexibility index (Phi) is 4.05. The van der Waals surface area contributed by atoms with Gasteiger partial charge in [-0.05, 0) is 31.6 Å². The van der Waals surface area contributed by atoms with Crippen molar-refractivity contribution in [1.82, 2.24) is 5.32 Å². The third kappa shape index (κ3) is 2.99. The highest BCUT2D eigenvalue weighted by Crippen LogP contribution is 2.30. The van der Waals surface area contributed by atoms with E-state index in [2.05, 4.69) is 5.32 Å². The number of carbonyl (C=O) groups is 1. The molecule has 2 aliphatic rings. The average molecular weight is 241 g/mol. The van der Waals surface area contributed by atoms with Crippen LogP contribution in [0.25, 0.3) is 0 Å². The van der Waals surface area contributed by atoms with E-state index in [-0.39, 0.29) is 12.5 Å². The molecule has 1 amide bonds. The Hall–Kier alpha value is -0.610. The molecular weight excluding hydrogens is 218 g/mol. The molecule has 0 aromatic heterocycles. The van der Waals surface area contributed by atoms with Crippen molar-refractivity contribution in [1.29, 1.82) is 0 Å². The maximum Gasteiger partial charge on any atom is 0.252 e. The molecule has 0 aliphatic heterocycles. The lowest BCUT2D eigenvalue weighted by molar-refractivity contribution is -0.143. The van der Waals surface area contributed by atoms with Crippen LogP contribution in [-0.2, 0) is 4.79 Å². The van der Waals surface area contributed by atoms with Gasteiger partial charge in [-0.3, -0.25) is 4.79 Å². The minimum absolute atomic E-state index is 0.284. The summed E-state index contributed by atoms with van der Waals surface area (Å²) in [5.41, 5.74) is -1.18. The summed E-state index contributed by atoms with van der Waals surface area (Å²) in [5, 5.41) is 22.7. The van der Waals surface area contributed by atoms with Gasteiger partial charge in [0.25, 0.3) is 5.91 Å². The molecule has 0 heterocycles. The molecule has 98 valence electrons. The Morgan fingerprint density at radius 1 is 1.24 bits per heavy atom. The summed E-state index contributed by atoms with van der Waals surface area (Å²) in [5.74, 6) is 0.0480. The topological polar surface area (TPSA) is 69.6 Å². The summed E-state index contributed by atoms with van der Waals surface area (Å²) in [4.78, 5) is 11.9. The number of hydrogen-bond donors (Lipinski definition) is 3. The predicted octanol–water partition coefficient (Wildman–Crippen LogP) is 0.959. The maximum absolute atomic E-state index is 11.9. The first kappa shape index (κ1) is 12.8. The molecule has 0 spiro atoms. The van der Waals surface area contributed by atoms with Crippen LogP contribution in [0.3, 0.4) is 0 Å². The smallest absolute Gasteiger partial charge is 0.252 e. The van der Waals surface area contributed by atoms with Crippen LogP contribution < -0.4 is 5.32 Å². The van der Waals surface area contributed by atoms with Gasteiger partial charge < -0.3 is 15.5 Å². The van der Waals surface area contributed by atoms with Gasteiger partial charge in [0.05, 0.1) is 6.10 Å². The third-order valence-electron chi connectivity index (χ3n) is 4.27. The Balaban J connectivity index is 1.75. The second-order valence-electron chi connectivity index (χ2n) is 5.56. The van der Waals surface area contributed by atoms with Crippen molar-refractivity contribution < 1.29 is 15.0 Å². The third-order valence-corrected chi connectivity index (χ3v) is 4.27. The second kappa shape index (κ2) is 5.36. The van der Waals surface area contributed by atoms with E-state index in [0.29, 0.717) is 18.8 Å². The highest BCUT2D eigenvalue weighted by Gasteiger charge is 2.37. The SMILES string of the molecule is O=C(NC[C@H](O)C1CCC1)C1(O)CCCCC1. The zero-order chi connectivity index (χ0) is 12.3. The van der Waals surface area contributed by atoms with Crippen LogP contribution in [0.4, 0.5) is 0 Å². The minimum Gasteiger partial charge on any atom is -0.391 e. The molecule has 2 rings (SSSR count). The first-order valence-electron chi connectivity index (χ1n) is 6.80. The van der Waals surface area contributed by atoms with Crippen molar-refractivity contribution in [3.05, 3.63) is 0 Å². The molecule has 0 radical (unpaired) electrons. The first-order valence-corrected chi connectivity index (χ1v) is 6.80. The minimum atomic E-state index is -1.18. The van der Waals surface area contributed by atoms with Gasteiger partial charge in [0.2, 0.25) is 0 Å². The number of carbonyl (C=O) groups excluding carboxylic acids is 1. The Morgan fingerprint density at radius 3 is 2.41 bits per heavy atom. The van der Waals surface area contributed by atoms with E-state index < -0.39 is 11.7 Å². The number of rotatable bonds is 4. The van der Waals surface area contributed by atoms with Crippen molar-refractivity contribution in [3.8, 4) is 0 Å². The van der Waals surface area contributed by atoms with Crippen LogP contribution in [0, 0.1) is 5.92 Å². The molecule has 2 saturated carbocycles. The van der Waals surface area contributed by atoms with Crippen LogP contribution in [0.5, 0.6) is 0 Å². The summed E-state index contributed by atoms with van der Waals surface area (Å²) in [6, 6.07) is 0. The molecule has 0 saturated heterocycles. The number of amides is 1.